The highest BCUT2D eigenvalue weighted by molar-refractivity contribution is 6.10. The van der Waals surface area contributed by atoms with Crippen LogP contribution >= 0.6 is 0 Å². The van der Waals surface area contributed by atoms with E-state index < -0.39 is 0 Å². The van der Waals surface area contributed by atoms with Crippen LogP contribution in [0.1, 0.15) is 46.8 Å². The minimum absolute atomic E-state index is 0.0371. The molecule has 0 fully saturated rings. The lowest BCUT2D eigenvalue weighted by Gasteiger charge is -2.30. The molecule has 4 heteroatoms. The van der Waals surface area contributed by atoms with Crippen LogP contribution in [0.2, 0.25) is 0 Å². The molecule has 0 saturated heterocycles. The van der Waals surface area contributed by atoms with Crippen molar-refractivity contribution in [2.24, 2.45) is 0 Å². The van der Waals surface area contributed by atoms with Crippen molar-refractivity contribution in [2.45, 2.75) is 19.0 Å². The number of nitrogens with zero attached hydrogens (tertiary/aromatic N) is 2. The van der Waals surface area contributed by atoms with Crippen LogP contribution in [0, 0.1) is 0 Å². The van der Waals surface area contributed by atoms with Gasteiger partial charge in [-0.25, -0.2) is 0 Å². The zero-order chi connectivity index (χ0) is 37.4. The molecule has 0 amide bonds. The summed E-state index contributed by atoms with van der Waals surface area (Å²) in [6.07, 6.45) is 17.7. The lowest BCUT2D eigenvalue weighted by molar-refractivity contribution is 0.509. The van der Waals surface area contributed by atoms with Crippen LogP contribution < -0.4 is 15.5 Å². The number of hydrogen-bond donors (Lipinski definition) is 2. The van der Waals surface area contributed by atoms with Gasteiger partial charge in [-0.15, -0.1) is 0 Å². The minimum Gasteiger partial charge on any atom is -0.366 e. The van der Waals surface area contributed by atoms with Gasteiger partial charge < -0.3 is 14.8 Å². The number of hydrogen-bond acceptors (Lipinski definition) is 3. The van der Waals surface area contributed by atoms with Crippen molar-refractivity contribution in [3.05, 3.63) is 223 Å². The number of rotatable bonds is 6. The maximum Gasteiger partial charge on any atom is 0.103 e. The summed E-state index contributed by atoms with van der Waals surface area (Å²) in [5.74, 6) is 0. The molecule has 3 heterocycles. The fourth-order valence-electron chi connectivity index (χ4n) is 8.42. The lowest BCUT2D eigenvalue weighted by Crippen LogP contribution is -2.37. The average Bonchev–Trinajstić information content (AvgIpc) is 3.60. The van der Waals surface area contributed by atoms with Gasteiger partial charge in [0.15, 0.2) is 0 Å². The summed E-state index contributed by atoms with van der Waals surface area (Å²) in [6.45, 7) is 5.39. The van der Waals surface area contributed by atoms with E-state index in [4.69, 9.17) is 0 Å². The Morgan fingerprint density at radius 2 is 1.43 bits per heavy atom. The first-order valence-electron chi connectivity index (χ1n) is 19.5. The van der Waals surface area contributed by atoms with Gasteiger partial charge in [0.2, 0.25) is 0 Å². The van der Waals surface area contributed by atoms with Crippen LogP contribution in [0.15, 0.2) is 195 Å². The highest BCUT2D eigenvalue weighted by Crippen LogP contribution is 2.39. The zero-order valence-electron chi connectivity index (χ0n) is 31.2. The van der Waals surface area contributed by atoms with Gasteiger partial charge in [-0.05, 0) is 119 Å². The summed E-state index contributed by atoms with van der Waals surface area (Å²) in [5, 5.41) is 9.94. The zero-order valence-corrected chi connectivity index (χ0v) is 31.2. The van der Waals surface area contributed by atoms with E-state index in [9.17, 15) is 0 Å². The van der Waals surface area contributed by atoms with Crippen LogP contribution in [-0.4, -0.2) is 11.1 Å². The Morgan fingerprint density at radius 3 is 2.30 bits per heavy atom. The number of benzene rings is 6. The number of allylic oxidation sites excluding steroid dienone is 8. The molecule has 0 saturated carbocycles. The van der Waals surface area contributed by atoms with Gasteiger partial charge in [-0.3, -0.25) is 5.32 Å². The summed E-state index contributed by atoms with van der Waals surface area (Å²) in [5.41, 5.74) is 16.3. The Bertz CT molecular complexity index is 2790. The molecule has 10 rings (SSSR count). The smallest absolute Gasteiger partial charge is 0.103 e. The topological polar surface area (TPSA) is 32.2 Å². The second-order valence-electron chi connectivity index (χ2n) is 14.7. The van der Waals surface area contributed by atoms with Gasteiger partial charge in [0, 0.05) is 46.2 Å². The summed E-state index contributed by atoms with van der Waals surface area (Å²) in [4.78, 5) is 2.30. The normalized spacial score (nSPS) is 18.3. The number of nitrogens with one attached hydrogen (secondary N) is 2. The molecular formula is C52H42N4. The highest BCUT2D eigenvalue weighted by atomic mass is 15.2. The van der Waals surface area contributed by atoms with Gasteiger partial charge in [0.05, 0.1) is 16.7 Å². The van der Waals surface area contributed by atoms with E-state index in [1.807, 2.05) is 0 Å². The average molecular weight is 723 g/mol. The van der Waals surface area contributed by atoms with Crippen LogP contribution in [-0.2, 0) is 0 Å². The monoisotopic (exact) mass is 722 g/mol. The van der Waals surface area contributed by atoms with Crippen LogP contribution in [0.5, 0.6) is 0 Å². The molecule has 1 aliphatic carbocycles. The quantitative estimate of drug-likeness (QED) is 0.179. The predicted molar refractivity (Wildman–Crippen MR) is 237 cm³/mol. The molecule has 0 spiro atoms. The van der Waals surface area contributed by atoms with Crippen molar-refractivity contribution in [3.63, 3.8) is 0 Å². The summed E-state index contributed by atoms with van der Waals surface area (Å²) in [7, 11) is 0. The van der Waals surface area contributed by atoms with E-state index in [0.29, 0.717) is 0 Å². The summed E-state index contributed by atoms with van der Waals surface area (Å²) >= 11 is 0. The molecule has 0 bridgehead atoms. The molecule has 1 aromatic heterocycles. The predicted octanol–water partition coefficient (Wildman–Crippen LogP) is 12.5. The van der Waals surface area contributed by atoms with Crippen LogP contribution in [0.4, 0.5) is 11.4 Å². The summed E-state index contributed by atoms with van der Waals surface area (Å²) < 4.78 is 2.36. The Morgan fingerprint density at radius 1 is 0.661 bits per heavy atom. The van der Waals surface area contributed by atoms with Gasteiger partial charge >= 0.3 is 0 Å². The molecule has 1 unspecified atom stereocenters. The fourth-order valence-corrected chi connectivity index (χ4v) is 8.42. The second-order valence-corrected chi connectivity index (χ2v) is 14.7. The number of aromatic nitrogens is 1. The van der Waals surface area contributed by atoms with Gasteiger partial charge in [-0.2, -0.15) is 0 Å². The Kier molecular flexibility index (Phi) is 8.66. The molecule has 3 aliphatic rings. The van der Waals surface area contributed by atoms with E-state index in [1.54, 1.807) is 0 Å². The lowest BCUT2D eigenvalue weighted by atomic mass is 9.95. The molecule has 56 heavy (non-hydrogen) atoms. The second kappa shape index (κ2) is 14.4. The number of anilines is 2. The molecule has 7 aromatic rings. The van der Waals surface area contributed by atoms with Crippen molar-refractivity contribution in [2.75, 3.05) is 11.4 Å². The molecule has 2 aliphatic heterocycles. The standard InChI is InChI=1S/C52H42N4/c1-36-33-41(40-27-28-51-47(35-40)46-20-9-11-22-50(46)56(51)43-16-6-3-7-17-43)30-32-55(49-21-10-8-19-45(36)49)44-18-12-15-42(34-44)52-53-31-29-48(54-52)39-25-23-38(24-26-39)37-13-4-2-5-14-37/h2-4,6-13,15-30,32-35,52-54H,1,5,14,31H2/b32-30-,41-33+. The van der Waals surface area contributed by atoms with Gasteiger partial charge in [0.25, 0.3) is 0 Å². The third-order valence-corrected chi connectivity index (χ3v) is 11.3. The molecule has 2 N–H and O–H groups in total. The molecular weight excluding hydrogens is 681 g/mol. The van der Waals surface area contributed by atoms with Crippen molar-refractivity contribution >= 4 is 55.6 Å². The van der Waals surface area contributed by atoms with E-state index in [1.165, 1.54) is 44.1 Å². The van der Waals surface area contributed by atoms with Crippen molar-refractivity contribution in [1.29, 1.82) is 0 Å². The first kappa shape index (κ1) is 33.7. The SMILES string of the molecule is C=C1/C=C(c2ccc3c(c2)c2ccccc2n3-c2ccccc2)\C=C/N(c2cccc(C3NCC=C(c4ccc(C5=CC=CCC5)cc4)N3)c2)c2ccccc21. The van der Waals surface area contributed by atoms with Gasteiger partial charge in [0.1, 0.15) is 6.17 Å². The molecule has 6 aromatic carbocycles. The molecule has 270 valence electrons. The molecule has 0 radical (unpaired) electrons. The Balaban J connectivity index is 0.978. The summed E-state index contributed by atoms with van der Waals surface area (Å²) in [6, 6.07) is 52.5. The van der Waals surface area contributed by atoms with E-state index in [2.05, 4.69) is 215 Å². The van der Waals surface area contributed by atoms with Crippen LogP contribution in [0.25, 0.3) is 49.9 Å². The van der Waals surface area contributed by atoms with Gasteiger partial charge in [-0.1, -0.05) is 122 Å². The van der Waals surface area contributed by atoms with E-state index in [-0.39, 0.29) is 6.17 Å². The largest absolute Gasteiger partial charge is 0.366 e. The van der Waals surface area contributed by atoms with E-state index in [0.717, 1.165) is 64.4 Å². The van der Waals surface area contributed by atoms with Crippen molar-refractivity contribution in [1.82, 2.24) is 15.2 Å². The van der Waals surface area contributed by atoms with Crippen LogP contribution in [0.3, 0.4) is 0 Å². The Hall–Kier alpha value is -6.88. The maximum atomic E-state index is 4.60. The maximum absolute atomic E-state index is 4.60. The number of para-hydroxylation sites is 3. The van der Waals surface area contributed by atoms with Crippen molar-refractivity contribution in [3.8, 4) is 5.69 Å². The Labute approximate surface area is 328 Å². The third-order valence-electron chi connectivity index (χ3n) is 11.3. The minimum atomic E-state index is -0.0371. The van der Waals surface area contributed by atoms with Crippen molar-refractivity contribution < 1.29 is 0 Å². The first-order chi connectivity index (χ1) is 27.7. The molecule has 4 nitrogen and oxygen atoms in total. The molecule has 1 atom stereocenters. The highest BCUT2D eigenvalue weighted by Gasteiger charge is 2.21. The fraction of sp³-hybridized carbons (Fsp3) is 0.0769. The third kappa shape index (κ3) is 6.20. The first-order valence-corrected chi connectivity index (χ1v) is 19.5. The number of fused-ring (bicyclic) bond motifs is 4. The van der Waals surface area contributed by atoms with E-state index >= 15 is 0 Å².